The van der Waals surface area contributed by atoms with E-state index in [1.807, 2.05) is 45.0 Å². The highest BCUT2D eigenvalue weighted by molar-refractivity contribution is 6.30. The lowest BCUT2D eigenvalue weighted by Gasteiger charge is -2.34. The van der Waals surface area contributed by atoms with E-state index in [1.54, 1.807) is 4.90 Å². The van der Waals surface area contributed by atoms with Gasteiger partial charge < -0.3 is 14.4 Å². The maximum absolute atomic E-state index is 12.1. The van der Waals surface area contributed by atoms with E-state index in [0.717, 1.165) is 25.1 Å². The Kier molecular flexibility index (Phi) is 5.57. The number of benzene rings is 1. The van der Waals surface area contributed by atoms with Gasteiger partial charge in [0.2, 0.25) is 0 Å². The normalized spacial score (nSPS) is 18.9. The fourth-order valence-corrected chi connectivity index (χ4v) is 2.56. The Labute approximate surface area is 137 Å². The topological polar surface area (TPSA) is 38.8 Å². The molecule has 1 amide bonds. The van der Waals surface area contributed by atoms with Gasteiger partial charge >= 0.3 is 6.09 Å². The predicted octanol–water partition coefficient (Wildman–Crippen LogP) is 4.37. The third kappa shape index (κ3) is 5.41. The fourth-order valence-electron chi connectivity index (χ4n) is 2.44. The quantitative estimate of drug-likeness (QED) is 0.828. The zero-order valence-corrected chi connectivity index (χ0v) is 14.2. The van der Waals surface area contributed by atoms with Crippen molar-refractivity contribution in [3.63, 3.8) is 0 Å². The van der Waals surface area contributed by atoms with Crippen LogP contribution in [0, 0.1) is 5.92 Å². The number of likely N-dealkylation sites (tertiary alicyclic amines) is 1. The van der Waals surface area contributed by atoms with E-state index < -0.39 is 5.60 Å². The highest BCUT2D eigenvalue weighted by Gasteiger charge is 2.27. The van der Waals surface area contributed by atoms with Gasteiger partial charge in [-0.3, -0.25) is 0 Å². The van der Waals surface area contributed by atoms with Crippen LogP contribution < -0.4 is 4.74 Å². The van der Waals surface area contributed by atoms with Crippen LogP contribution in [0.5, 0.6) is 5.75 Å². The van der Waals surface area contributed by atoms with Crippen molar-refractivity contribution in [2.45, 2.75) is 39.2 Å². The fraction of sp³-hybridized carbons (Fsp3) is 0.588. The van der Waals surface area contributed by atoms with E-state index in [2.05, 4.69) is 0 Å². The molecule has 0 spiro atoms. The van der Waals surface area contributed by atoms with Gasteiger partial charge in [0.05, 0.1) is 6.61 Å². The lowest BCUT2D eigenvalue weighted by atomic mass is 9.99. The minimum Gasteiger partial charge on any atom is -0.493 e. The van der Waals surface area contributed by atoms with Crippen LogP contribution in [0.15, 0.2) is 24.3 Å². The number of rotatable bonds is 3. The molecule has 22 heavy (non-hydrogen) atoms. The molecule has 122 valence electrons. The molecular weight excluding hydrogens is 302 g/mol. The van der Waals surface area contributed by atoms with E-state index in [9.17, 15) is 4.79 Å². The smallest absolute Gasteiger partial charge is 0.410 e. The van der Waals surface area contributed by atoms with Crippen molar-refractivity contribution in [1.29, 1.82) is 0 Å². The van der Waals surface area contributed by atoms with Gasteiger partial charge in [0.1, 0.15) is 11.4 Å². The first-order valence-corrected chi connectivity index (χ1v) is 8.07. The summed E-state index contributed by atoms with van der Waals surface area (Å²) >= 11 is 5.85. The van der Waals surface area contributed by atoms with Crippen molar-refractivity contribution in [2.24, 2.45) is 5.92 Å². The van der Waals surface area contributed by atoms with Crippen molar-refractivity contribution in [1.82, 2.24) is 4.90 Å². The molecule has 1 saturated heterocycles. The van der Waals surface area contributed by atoms with E-state index in [1.165, 1.54) is 0 Å². The number of halogens is 1. The Hall–Kier alpha value is -1.42. The van der Waals surface area contributed by atoms with Crippen LogP contribution in [0.25, 0.3) is 0 Å². The third-order valence-corrected chi connectivity index (χ3v) is 3.72. The van der Waals surface area contributed by atoms with Crippen molar-refractivity contribution < 1.29 is 14.3 Å². The van der Waals surface area contributed by atoms with Gasteiger partial charge in [0.15, 0.2) is 0 Å². The van der Waals surface area contributed by atoms with Crippen LogP contribution in [-0.2, 0) is 4.74 Å². The van der Waals surface area contributed by atoms with Crippen molar-refractivity contribution in [3.05, 3.63) is 29.3 Å². The highest BCUT2D eigenvalue weighted by Crippen LogP contribution is 2.21. The Bertz CT molecular complexity index is 496. The summed E-state index contributed by atoms with van der Waals surface area (Å²) in [6.45, 7) is 7.69. The molecule has 0 aromatic heterocycles. The van der Waals surface area contributed by atoms with Gasteiger partial charge in [-0.1, -0.05) is 11.6 Å². The summed E-state index contributed by atoms with van der Waals surface area (Å²) in [5.74, 6) is 1.13. The standard InChI is InChI=1S/C17H24ClNO3/c1-17(2,3)22-16(20)19-10-4-5-13(11-19)12-21-15-8-6-14(18)7-9-15/h6-9,13H,4-5,10-12H2,1-3H3. The molecule has 0 radical (unpaired) electrons. The predicted molar refractivity (Wildman–Crippen MR) is 87.5 cm³/mol. The molecule has 1 atom stereocenters. The minimum absolute atomic E-state index is 0.233. The lowest BCUT2D eigenvalue weighted by Crippen LogP contribution is -2.44. The summed E-state index contributed by atoms with van der Waals surface area (Å²) in [6, 6.07) is 7.34. The monoisotopic (exact) mass is 325 g/mol. The van der Waals surface area contributed by atoms with Crippen LogP contribution in [0.3, 0.4) is 0 Å². The van der Waals surface area contributed by atoms with E-state index in [0.29, 0.717) is 24.1 Å². The maximum atomic E-state index is 12.1. The Morgan fingerprint density at radius 2 is 2.00 bits per heavy atom. The number of carbonyl (C=O) groups excluding carboxylic acids is 1. The van der Waals surface area contributed by atoms with Gasteiger partial charge in [-0.05, 0) is 57.9 Å². The summed E-state index contributed by atoms with van der Waals surface area (Å²) in [5.41, 5.74) is -0.455. The third-order valence-electron chi connectivity index (χ3n) is 3.47. The molecule has 0 saturated carbocycles. The summed E-state index contributed by atoms with van der Waals surface area (Å²) in [4.78, 5) is 13.9. The summed E-state index contributed by atoms with van der Waals surface area (Å²) in [7, 11) is 0. The number of ether oxygens (including phenoxy) is 2. The second-order valence-corrected chi connectivity index (χ2v) is 7.14. The van der Waals surface area contributed by atoms with Crippen molar-refractivity contribution in [2.75, 3.05) is 19.7 Å². The summed E-state index contributed by atoms with van der Waals surface area (Å²) in [6.07, 6.45) is 1.81. The van der Waals surface area contributed by atoms with Gasteiger partial charge in [-0.2, -0.15) is 0 Å². The molecule has 5 heteroatoms. The van der Waals surface area contributed by atoms with Gasteiger partial charge in [0, 0.05) is 24.0 Å². The van der Waals surface area contributed by atoms with Crippen molar-refractivity contribution >= 4 is 17.7 Å². The SMILES string of the molecule is CC(C)(C)OC(=O)N1CCCC(COc2ccc(Cl)cc2)C1. The average Bonchev–Trinajstić information content (AvgIpc) is 2.45. The number of piperidine rings is 1. The molecule has 0 bridgehead atoms. The number of hydrogen-bond donors (Lipinski definition) is 0. The van der Waals surface area contributed by atoms with Gasteiger partial charge in [0.25, 0.3) is 0 Å². The largest absolute Gasteiger partial charge is 0.493 e. The number of nitrogens with zero attached hydrogens (tertiary/aromatic N) is 1. The van der Waals surface area contributed by atoms with E-state index >= 15 is 0 Å². The van der Waals surface area contributed by atoms with Crippen LogP contribution >= 0.6 is 11.6 Å². The Balaban J connectivity index is 1.82. The molecule has 1 aliphatic rings. The molecule has 4 nitrogen and oxygen atoms in total. The molecular formula is C17H24ClNO3. The molecule has 0 aliphatic carbocycles. The van der Waals surface area contributed by atoms with E-state index in [-0.39, 0.29) is 6.09 Å². The van der Waals surface area contributed by atoms with E-state index in [4.69, 9.17) is 21.1 Å². The van der Waals surface area contributed by atoms with Crippen LogP contribution in [-0.4, -0.2) is 36.3 Å². The Morgan fingerprint density at radius 1 is 1.32 bits per heavy atom. The number of hydrogen-bond acceptors (Lipinski definition) is 3. The molecule has 0 N–H and O–H groups in total. The summed E-state index contributed by atoms with van der Waals surface area (Å²) in [5, 5.41) is 0.695. The van der Waals surface area contributed by atoms with Crippen molar-refractivity contribution in [3.8, 4) is 5.75 Å². The first-order valence-electron chi connectivity index (χ1n) is 7.70. The van der Waals surface area contributed by atoms with Crippen LogP contribution in [0.4, 0.5) is 4.79 Å². The van der Waals surface area contributed by atoms with Crippen LogP contribution in [0.1, 0.15) is 33.6 Å². The molecule has 1 heterocycles. The number of carbonyl (C=O) groups is 1. The molecule has 1 fully saturated rings. The highest BCUT2D eigenvalue weighted by atomic mass is 35.5. The molecule has 1 aromatic rings. The average molecular weight is 326 g/mol. The van der Waals surface area contributed by atoms with Gasteiger partial charge in [-0.15, -0.1) is 0 Å². The van der Waals surface area contributed by atoms with Gasteiger partial charge in [-0.25, -0.2) is 4.79 Å². The lowest BCUT2D eigenvalue weighted by molar-refractivity contribution is 0.0139. The zero-order valence-electron chi connectivity index (χ0n) is 13.5. The second-order valence-electron chi connectivity index (χ2n) is 6.70. The molecule has 1 unspecified atom stereocenters. The Morgan fingerprint density at radius 3 is 2.64 bits per heavy atom. The zero-order chi connectivity index (χ0) is 16.2. The maximum Gasteiger partial charge on any atom is 0.410 e. The molecule has 2 rings (SSSR count). The second kappa shape index (κ2) is 7.23. The first-order chi connectivity index (χ1) is 10.3. The first kappa shape index (κ1) is 16.9. The summed E-state index contributed by atoms with van der Waals surface area (Å²) < 4.78 is 11.2. The molecule has 1 aliphatic heterocycles. The number of amides is 1. The minimum atomic E-state index is -0.455. The van der Waals surface area contributed by atoms with Crippen LogP contribution in [0.2, 0.25) is 5.02 Å². The molecule has 1 aromatic carbocycles.